The number of thioether (sulfide) groups is 1. The normalized spacial score (nSPS) is 20.5. The average molecular weight is 294 g/mol. The molecule has 0 spiro atoms. The summed E-state index contributed by atoms with van der Waals surface area (Å²) in [6, 6.07) is 0. The number of carbonyl (C=O) groups is 1. The van der Waals surface area contributed by atoms with Crippen molar-refractivity contribution in [2.75, 3.05) is 24.7 Å². The van der Waals surface area contributed by atoms with Crippen molar-refractivity contribution in [1.29, 1.82) is 0 Å². The van der Waals surface area contributed by atoms with Crippen LogP contribution in [0.25, 0.3) is 0 Å². The third-order valence-corrected chi connectivity index (χ3v) is 4.63. The van der Waals surface area contributed by atoms with Gasteiger partial charge in [0.05, 0.1) is 5.25 Å². The molecule has 1 atom stereocenters. The summed E-state index contributed by atoms with van der Waals surface area (Å²) in [6.07, 6.45) is 5.83. The Labute approximate surface area is 105 Å². The molecule has 1 unspecified atom stereocenters. The minimum atomic E-state index is 0.256. The predicted octanol–water partition coefficient (Wildman–Crippen LogP) is 2.91. The zero-order chi connectivity index (χ0) is 11.1. The van der Waals surface area contributed by atoms with Gasteiger partial charge in [-0.05, 0) is 31.4 Å². The van der Waals surface area contributed by atoms with E-state index in [1.807, 2.05) is 23.7 Å². The maximum absolute atomic E-state index is 11.9. The second-order valence-electron chi connectivity index (χ2n) is 4.01. The molecule has 1 aliphatic rings. The minimum absolute atomic E-state index is 0.256. The zero-order valence-electron chi connectivity index (χ0n) is 9.38. The molecule has 0 aromatic carbocycles. The van der Waals surface area contributed by atoms with E-state index in [-0.39, 0.29) is 5.25 Å². The molecule has 2 nitrogen and oxygen atoms in total. The fraction of sp³-hybridized carbons (Fsp3) is 0.909. The lowest BCUT2D eigenvalue weighted by Gasteiger charge is -2.20. The molecule has 0 saturated carbocycles. The van der Waals surface area contributed by atoms with Crippen LogP contribution >= 0.6 is 27.7 Å². The van der Waals surface area contributed by atoms with Crippen LogP contribution in [0.3, 0.4) is 0 Å². The molecule has 4 heteroatoms. The number of carbonyl (C=O) groups excluding carboxylic acids is 1. The maximum atomic E-state index is 11.9. The van der Waals surface area contributed by atoms with Crippen LogP contribution in [-0.4, -0.2) is 40.7 Å². The van der Waals surface area contributed by atoms with E-state index in [2.05, 4.69) is 15.9 Å². The van der Waals surface area contributed by atoms with E-state index >= 15 is 0 Å². The second-order valence-corrected chi connectivity index (χ2v) is 6.11. The number of nitrogens with zero attached hydrogens (tertiary/aromatic N) is 1. The van der Waals surface area contributed by atoms with Gasteiger partial charge in [-0.15, -0.1) is 11.8 Å². The highest BCUT2D eigenvalue weighted by molar-refractivity contribution is 9.09. The Morgan fingerprint density at radius 3 is 2.87 bits per heavy atom. The summed E-state index contributed by atoms with van der Waals surface area (Å²) in [7, 11) is 1.94. The van der Waals surface area contributed by atoms with Crippen LogP contribution < -0.4 is 0 Å². The fourth-order valence-corrected chi connectivity index (χ4v) is 3.42. The van der Waals surface area contributed by atoms with E-state index in [9.17, 15) is 4.79 Å². The lowest BCUT2D eigenvalue weighted by molar-refractivity contribution is -0.129. The smallest absolute Gasteiger partial charge is 0.235 e. The Hall–Kier alpha value is 0.300. The van der Waals surface area contributed by atoms with Crippen molar-refractivity contribution < 1.29 is 4.79 Å². The zero-order valence-corrected chi connectivity index (χ0v) is 11.8. The molecule has 0 radical (unpaired) electrons. The van der Waals surface area contributed by atoms with Crippen molar-refractivity contribution in [2.45, 2.75) is 37.4 Å². The number of rotatable bonds is 6. The Morgan fingerprint density at radius 2 is 2.27 bits per heavy atom. The van der Waals surface area contributed by atoms with Crippen molar-refractivity contribution in [3.63, 3.8) is 0 Å². The summed E-state index contributed by atoms with van der Waals surface area (Å²) >= 11 is 5.24. The molecule has 15 heavy (non-hydrogen) atoms. The van der Waals surface area contributed by atoms with Crippen LogP contribution in [0.4, 0.5) is 0 Å². The van der Waals surface area contributed by atoms with Gasteiger partial charge in [-0.3, -0.25) is 4.79 Å². The lowest BCUT2D eigenvalue weighted by Crippen LogP contribution is -2.34. The van der Waals surface area contributed by atoms with Gasteiger partial charge < -0.3 is 4.90 Å². The van der Waals surface area contributed by atoms with Crippen molar-refractivity contribution in [3.05, 3.63) is 0 Å². The molecule has 0 aliphatic carbocycles. The lowest BCUT2D eigenvalue weighted by atomic mass is 10.2. The molecular weight excluding hydrogens is 274 g/mol. The summed E-state index contributed by atoms with van der Waals surface area (Å²) < 4.78 is 0. The van der Waals surface area contributed by atoms with E-state index in [0.717, 1.165) is 30.5 Å². The van der Waals surface area contributed by atoms with E-state index < -0.39 is 0 Å². The number of alkyl halides is 1. The molecule has 0 bridgehead atoms. The first-order valence-electron chi connectivity index (χ1n) is 5.68. The standard InChI is InChI=1S/C11H20BrNOS/c1-13(8-4-2-3-7-12)11(14)10-6-5-9-15-10/h10H,2-9H2,1H3. The second kappa shape index (κ2) is 7.55. The van der Waals surface area contributed by atoms with Crippen LogP contribution in [0.15, 0.2) is 0 Å². The van der Waals surface area contributed by atoms with Gasteiger partial charge in [-0.2, -0.15) is 0 Å². The average Bonchev–Trinajstić information content (AvgIpc) is 2.76. The van der Waals surface area contributed by atoms with Crippen LogP contribution in [0.2, 0.25) is 0 Å². The molecule has 88 valence electrons. The molecule has 1 amide bonds. The first kappa shape index (κ1) is 13.4. The SMILES string of the molecule is CN(CCCCCBr)C(=O)C1CCCS1. The van der Waals surface area contributed by atoms with Crippen LogP contribution in [0, 0.1) is 0 Å². The molecule has 1 rings (SSSR count). The molecule has 0 aromatic heterocycles. The highest BCUT2D eigenvalue weighted by Gasteiger charge is 2.25. The number of hydrogen-bond acceptors (Lipinski definition) is 2. The van der Waals surface area contributed by atoms with Gasteiger partial charge in [-0.25, -0.2) is 0 Å². The van der Waals surface area contributed by atoms with E-state index in [0.29, 0.717) is 5.91 Å². The predicted molar refractivity (Wildman–Crippen MR) is 70.8 cm³/mol. The summed E-state index contributed by atoms with van der Waals surface area (Å²) in [6.45, 7) is 0.920. The fourth-order valence-electron chi connectivity index (χ4n) is 1.75. The molecule has 0 N–H and O–H groups in total. The molecule has 1 heterocycles. The van der Waals surface area contributed by atoms with Gasteiger partial charge in [0.15, 0.2) is 0 Å². The molecule has 1 saturated heterocycles. The summed E-state index contributed by atoms with van der Waals surface area (Å²) in [4.78, 5) is 13.8. The first-order chi connectivity index (χ1) is 7.25. The Bertz CT molecular complexity index is 195. The Morgan fingerprint density at radius 1 is 1.47 bits per heavy atom. The third-order valence-electron chi connectivity index (χ3n) is 2.71. The topological polar surface area (TPSA) is 20.3 Å². The van der Waals surface area contributed by atoms with Crippen LogP contribution in [0.5, 0.6) is 0 Å². The monoisotopic (exact) mass is 293 g/mol. The highest BCUT2D eigenvalue weighted by atomic mass is 79.9. The number of unbranched alkanes of at least 4 members (excludes halogenated alkanes) is 2. The van der Waals surface area contributed by atoms with Gasteiger partial charge in [-0.1, -0.05) is 22.4 Å². The minimum Gasteiger partial charge on any atom is -0.345 e. The maximum Gasteiger partial charge on any atom is 0.235 e. The van der Waals surface area contributed by atoms with Gasteiger partial charge in [0.1, 0.15) is 0 Å². The van der Waals surface area contributed by atoms with Crippen LogP contribution in [0.1, 0.15) is 32.1 Å². The Kier molecular flexibility index (Phi) is 6.73. The van der Waals surface area contributed by atoms with E-state index in [4.69, 9.17) is 0 Å². The molecule has 1 fully saturated rings. The quantitative estimate of drug-likeness (QED) is 0.554. The van der Waals surface area contributed by atoms with E-state index in [1.54, 1.807) is 0 Å². The van der Waals surface area contributed by atoms with Crippen molar-refractivity contribution in [3.8, 4) is 0 Å². The number of hydrogen-bond donors (Lipinski definition) is 0. The van der Waals surface area contributed by atoms with Gasteiger partial charge in [0.2, 0.25) is 5.91 Å². The van der Waals surface area contributed by atoms with E-state index in [1.165, 1.54) is 19.3 Å². The molecule has 1 aliphatic heterocycles. The van der Waals surface area contributed by atoms with Crippen molar-refractivity contribution >= 4 is 33.6 Å². The summed E-state index contributed by atoms with van der Waals surface area (Å²) in [5.74, 6) is 1.50. The third kappa shape index (κ3) is 4.77. The number of amides is 1. The molecule has 0 aromatic rings. The first-order valence-corrected chi connectivity index (χ1v) is 7.85. The number of halogens is 1. The van der Waals surface area contributed by atoms with Crippen LogP contribution in [-0.2, 0) is 4.79 Å². The summed E-state index contributed by atoms with van der Waals surface area (Å²) in [5, 5.41) is 1.33. The van der Waals surface area contributed by atoms with Crippen molar-refractivity contribution in [2.24, 2.45) is 0 Å². The Balaban J connectivity index is 2.14. The van der Waals surface area contributed by atoms with Gasteiger partial charge in [0, 0.05) is 18.9 Å². The highest BCUT2D eigenvalue weighted by Crippen LogP contribution is 2.27. The molecular formula is C11H20BrNOS. The van der Waals surface area contributed by atoms with Gasteiger partial charge >= 0.3 is 0 Å². The van der Waals surface area contributed by atoms with Gasteiger partial charge in [0.25, 0.3) is 0 Å². The summed E-state index contributed by atoms with van der Waals surface area (Å²) in [5.41, 5.74) is 0. The van der Waals surface area contributed by atoms with Crippen molar-refractivity contribution in [1.82, 2.24) is 4.90 Å². The largest absolute Gasteiger partial charge is 0.345 e.